The number of ether oxygens (including phenoxy) is 1. The number of halogens is 1. The highest BCUT2D eigenvalue weighted by molar-refractivity contribution is 14.1. The molecule has 1 amide bonds. The molecule has 0 heterocycles. The first-order valence-electron chi connectivity index (χ1n) is 5.23. The normalized spacial score (nSPS) is 13.2. The number of primary amides is 1. The van der Waals surface area contributed by atoms with Crippen LogP contribution in [0.4, 0.5) is 10.5 Å². The second-order valence-electron chi connectivity index (χ2n) is 4.96. The van der Waals surface area contributed by atoms with Gasteiger partial charge in [0.1, 0.15) is 6.10 Å². The zero-order valence-corrected chi connectivity index (χ0v) is 12.3. The largest absolute Gasteiger partial charge is 0.441 e. The fraction of sp³-hybridized carbons (Fsp3) is 0.417. The third-order valence-corrected chi connectivity index (χ3v) is 3.28. The quantitative estimate of drug-likeness (QED) is 0.637. The Morgan fingerprint density at radius 3 is 2.41 bits per heavy atom. The second-order valence-corrected chi connectivity index (χ2v) is 6.13. The molecule has 4 nitrogen and oxygen atoms in total. The summed E-state index contributed by atoms with van der Waals surface area (Å²) in [5, 5.41) is 0. The SMILES string of the molecule is CC(C)(C)C(OC(N)=O)c1ccc(N)c(I)c1. The molecule has 0 spiro atoms. The van der Waals surface area contributed by atoms with Crippen molar-refractivity contribution >= 4 is 34.4 Å². The molecule has 1 aromatic carbocycles. The van der Waals surface area contributed by atoms with E-state index in [1.165, 1.54) is 0 Å². The average molecular weight is 348 g/mol. The van der Waals surface area contributed by atoms with E-state index >= 15 is 0 Å². The van der Waals surface area contributed by atoms with E-state index in [0.717, 1.165) is 9.13 Å². The number of carbonyl (C=O) groups is 1. The number of amides is 1. The van der Waals surface area contributed by atoms with Crippen LogP contribution in [0.15, 0.2) is 18.2 Å². The number of anilines is 1. The van der Waals surface area contributed by atoms with Crippen molar-refractivity contribution in [2.24, 2.45) is 11.1 Å². The highest BCUT2D eigenvalue weighted by Gasteiger charge is 2.29. The molecule has 5 heteroatoms. The van der Waals surface area contributed by atoms with Crippen LogP contribution in [0.25, 0.3) is 0 Å². The zero-order chi connectivity index (χ0) is 13.2. The van der Waals surface area contributed by atoms with E-state index in [-0.39, 0.29) is 11.5 Å². The summed E-state index contributed by atoms with van der Waals surface area (Å²) in [4.78, 5) is 11.0. The van der Waals surface area contributed by atoms with Gasteiger partial charge in [0.15, 0.2) is 0 Å². The summed E-state index contributed by atoms with van der Waals surface area (Å²) in [5.41, 5.74) is 12.2. The Labute approximate surface area is 115 Å². The molecule has 17 heavy (non-hydrogen) atoms. The van der Waals surface area contributed by atoms with Crippen molar-refractivity contribution in [2.45, 2.75) is 26.9 Å². The first kappa shape index (κ1) is 14.1. The number of hydrogen-bond donors (Lipinski definition) is 2. The fourth-order valence-corrected chi connectivity index (χ4v) is 2.11. The minimum Gasteiger partial charge on any atom is -0.441 e. The van der Waals surface area contributed by atoms with Gasteiger partial charge in [-0.25, -0.2) is 4.79 Å². The summed E-state index contributed by atoms with van der Waals surface area (Å²) >= 11 is 2.15. The molecule has 4 N–H and O–H groups in total. The standard InChI is InChI=1S/C12H17IN2O2/c1-12(2,3)10(17-11(15)16)7-4-5-9(14)8(13)6-7/h4-6,10H,14H2,1-3H3,(H2,15,16). The molecule has 94 valence electrons. The van der Waals surface area contributed by atoms with Crippen LogP contribution in [0.5, 0.6) is 0 Å². The summed E-state index contributed by atoms with van der Waals surface area (Å²) in [6.07, 6.45) is -1.15. The summed E-state index contributed by atoms with van der Waals surface area (Å²) in [5.74, 6) is 0. The van der Waals surface area contributed by atoms with E-state index in [9.17, 15) is 4.79 Å². The van der Waals surface area contributed by atoms with Gasteiger partial charge in [0.25, 0.3) is 0 Å². The van der Waals surface area contributed by atoms with Crippen LogP contribution in [-0.2, 0) is 4.74 Å². The van der Waals surface area contributed by atoms with Crippen LogP contribution < -0.4 is 11.5 Å². The molecule has 0 saturated heterocycles. The van der Waals surface area contributed by atoms with Gasteiger partial charge in [-0.2, -0.15) is 0 Å². The van der Waals surface area contributed by atoms with Crippen molar-refractivity contribution in [2.75, 3.05) is 5.73 Å². The van der Waals surface area contributed by atoms with E-state index in [1.54, 1.807) is 6.07 Å². The maximum atomic E-state index is 11.0. The van der Waals surface area contributed by atoms with Crippen LogP contribution in [0, 0.1) is 8.99 Å². The van der Waals surface area contributed by atoms with Crippen LogP contribution in [0.2, 0.25) is 0 Å². The van der Waals surface area contributed by atoms with Crippen molar-refractivity contribution < 1.29 is 9.53 Å². The van der Waals surface area contributed by atoms with E-state index in [1.807, 2.05) is 32.9 Å². The van der Waals surface area contributed by atoms with Gasteiger partial charge in [0.05, 0.1) is 0 Å². The molecule has 0 bridgehead atoms. The monoisotopic (exact) mass is 348 g/mol. The van der Waals surface area contributed by atoms with Gasteiger partial charge < -0.3 is 16.2 Å². The van der Waals surface area contributed by atoms with Gasteiger partial charge >= 0.3 is 6.09 Å². The molecule has 0 aliphatic heterocycles. The minimum atomic E-state index is -0.767. The lowest BCUT2D eigenvalue weighted by molar-refractivity contribution is 0.0359. The van der Waals surface area contributed by atoms with Gasteiger partial charge in [-0.05, 0) is 40.3 Å². The molecule has 1 rings (SSSR count). The predicted octanol–water partition coefficient (Wildman–Crippen LogP) is 3.06. The molecule has 0 fully saturated rings. The van der Waals surface area contributed by atoms with Crippen molar-refractivity contribution in [1.29, 1.82) is 0 Å². The smallest absolute Gasteiger partial charge is 0.405 e. The first-order valence-corrected chi connectivity index (χ1v) is 6.30. The molecular formula is C12H17IN2O2. The number of hydrogen-bond acceptors (Lipinski definition) is 3. The van der Waals surface area contributed by atoms with Crippen LogP contribution in [0.3, 0.4) is 0 Å². The van der Waals surface area contributed by atoms with Crippen LogP contribution >= 0.6 is 22.6 Å². The molecule has 0 aliphatic rings. The lowest BCUT2D eigenvalue weighted by atomic mass is 9.84. The Morgan fingerprint density at radius 2 is 2.00 bits per heavy atom. The molecule has 0 aliphatic carbocycles. The first-order chi connectivity index (χ1) is 7.71. The topological polar surface area (TPSA) is 78.3 Å². The number of carbonyl (C=O) groups excluding carboxylic acids is 1. The summed E-state index contributed by atoms with van der Waals surface area (Å²) in [7, 11) is 0. The number of nitrogens with two attached hydrogens (primary N) is 2. The van der Waals surface area contributed by atoms with Gasteiger partial charge in [0, 0.05) is 14.7 Å². The predicted molar refractivity (Wildman–Crippen MR) is 76.4 cm³/mol. The van der Waals surface area contributed by atoms with Crippen molar-refractivity contribution in [3.8, 4) is 0 Å². The molecule has 1 unspecified atom stereocenters. The second kappa shape index (κ2) is 5.12. The minimum absolute atomic E-state index is 0.228. The summed E-state index contributed by atoms with van der Waals surface area (Å²) < 4.78 is 6.12. The summed E-state index contributed by atoms with van der Waals surface area (Å²) in [6.45, 7) is 5.97. The Morgan fingerprint density at radius 1 is 1.41 bits per heavy atom. The van der Waals surface area contributed by atoms with Gasteiger partial charge in [-0.15, -0.1) is 0 Å². The van der Waals surface area contributed by atoms with E-state index in [0.29, 0.717) is 5.69 Å². The molecule has 1 aromatic rings. The molecule has 1 atom stereocenters. The maximum absolute atomic E-state index is 11.0. The number of rotatable bonds is 2. The van der Waals surface area contributed by atoms with Crippen molar-refractivity contribution in [3.63, 3.8) is 0 Å². The molecule has 0 radical (unpaired) electrons. The van der Waals surface area contributed by atoms with Crippen molar-refractivity contribution in [3.05, 3.63) is 27.3 Å². The number of benzene rings is 1. The Kier molecular flexibility index (Phi) is 4.24. The fourth-order valence-electron chi connectivity index (χ4n) is 1.57. The van der Waals surface area contributed by atoms with E-state index in [2.05, 4.69) is 22.6 Å². The van der Waals surface area contributed by atoms with E-state index in [4.69, 9.17) is 16.2 Å². The Bertz CT molecular complexity index is 427. The molecule has 0 aromatic heterocycles. The Hall–Kier alpha value is -0.980. The van der Waals surface area contributed by atoms with Gasteiger partial charge in [0.2, 0.25) is 0 Å². The zero-order valence-electron chi connectivity index (χ0n) is 10.2. The molecule has 0 saturated carbocycles. The van der Waals surface area contributed by atoms with Crippen LogP contribution in [-0.4, -0.2) is 6.09 Å². The maximum Gasteiger partial charge on any atom is 0.405 e. The lowest BCUT2D eigenvalue weighted by Gasteiger charge is -2.30. The third kappa shape index (κ3) is 3.76. The highest BCUT2D eigenvalue weighted by atomic mass is 127. The molecular weight excluding hydrogens is 331 g/mol. The number of nitrogen functional groups attached to an aromatic ring is 1. The van der Waals surface area contributed by atoms with Crippen LogP contribution in [0.1, 0.15) is 32.4 Å². The van der Waals surface area contributed by atoms with Gasteiger partial charge in [-0.1, -0.05) is 26.8 Å². The Balaban J connectivity index is 3.13. The van der Waals surface area contributed by atoms with Gasteiger partial charge in [-0.3, -0.25) is 0 Å². The van der Waals surface area contributed by atoms with E-state index < -0.39 is 6.09 Å². The highest BCUT2D eigenvalue weighted by Crippen LogP contribution is 2.37. The third-order valence-electron chi connectivity index (χ3n) is 2.35. The average Bonchev–Trinajstić information content (AvgIpc) is 2.17. The van der Waals surface area contributed by atoms with Crippen molar-refractivity contribution in [1.82, 2.24) is 0 Å². The lowest BCUT2D eigenvalue weighted by Crippen LogP contribution is -2.27. The summed E-state index contributed by atoms with van der Waals surface area (Å²) in [6, 6.07) is 5.57.